The van der Waals surface area contributed by atoms with E-state index in [0.717, 1.165) is 17.7 Å². The van der Waals surface area contributed by atoms with Gasteiger partial charge in [-0.3, -0.25) is 4.79 Å². The second-order valence-electron chi connectivity index (χ2n) is 3.45. The molecule has 1 rings (SSSR count). The van der Waals surface area contributed by atoms with E-state index >= 15 is 0 Å². The second kappa shape index (κ2) is 5.95. The van der Waals surface area contributed by atoms with Crippen molar-refractivity contribution in [3.63, 3.8) is 0 Å². The van der Waals surface area contributed by atoms with Crippen LogP contribution in [0.4, 0.5) is 0 Å². The number of rotatable bonds is 5. The summed E-state index contributed by atoms with van der Waals surface area (Å²) >= 11 is 0. The van der Waals surface area contributed by atoms with Crippen LogP contribution in [0.1, 0.15) is 24.9 Å². The summed E-state index contributed by atoms with van der Waals surface area (Å²) in [5, 5.41) is 2.87. The summed E-state index contributed by atoms with van der Waals surface area (Å²) in [6.45, 7) is 5.46. The predicted molar refractivity (Wildman–Crippen MR) is 64.4 cm³/mol. The Morgan fingerprint density at radius 1 is 1.50 bits per heavy atom. The summed E-state index contributed by atoms with van der Waals surface area (Å²) in [5.74, 6) is 0.663. The summed E-state index contributed by atoms with van der Waals surface area (Å²) < 4.78 is 5.08. The number of hydrogen-bond donors (Lipinski definition) is 1. The van der Waals surface area contributed by atoms with Gasteiger partial charge in [-0.15, -0.1) is 0 Å². The molecule has 1 unspecified atom stereocenters. The van der Waals surface area contributed by atoms with E-state index in [1.165, 1.54) is 6.08 Å². The van der Waals surface area contributed by atoms with Crippen molar-refractivity contribution in [2.75, 3.05) is 7.11 Å². The van der Waals surface area contributed by atoms with Gasteiger partial charge >= 0.3 is 0 Å². The molecular weight excluding hydrogens is 202 g/mol. The van der Waals surface area contributed by atoms with Gasteiger partial charge in [0.15, 0.2) is 0 Å². The number of carbonyl (C=O) groups excluding carboxylic acids is 1. The molecule has 0 aromatic heterocycles. The van der Waals surface area contributed by atoms with E-state index < -0.39 is 0 Å². The Balaban J connectivity index is 2.78. The van der Waals surface area contributed by atoms with Crippen molar-refractivity contribution in [1.82, 2.24) is 5.32 Å². The average molecular weight is 219 g/mol. The highest BCUT2D eigenvalue weighted by Gasteiger charge is 2.10. The monoisotopic (exact) mass is 219 g/mol. The maximum atomic E-state index is 11.2. The molecule has 0 aliphatic heterocycles. The molecular formula is C13H17NO2. The zero-order valence-electron chi connectivity index (χ0n) is 9.69. The molecule has 0 aliphatic carbocycles. The van der Waals surface area contributed by atoms with Crippen molar-refractivity contribution in [3.05, 3.63) is 42.5 Å². The minimum absolute atomic E-state index is 0.0245. The van der Waals surface area contributed by atoms with Gasteiger partial charge < -0.3 is 10.1 Å². The van der Waals surface area contributed by atoms with E-state index in [-0.39, 0.29) is 11.9 Å². The Labute approximate surface area is 96.1 Å². The van der Waals surface area contributed by atoms with Crippen LogP contribution in [0, 0.1) is 0 Å². The van der Waals surface area contributed by atoms with Crippen LogP contribution < -0.4 is 10.1 Å². The van der Waals surface area contributed by atoms with Crippen molar-refractivity contribution in [2.24, 2.45) is 0 Å². The molecule has 1 aromatic carbocycles. The maximum absolute atomic E-state index is 11.2. The number of methoxy groups -OCH3 is 1. The van der Waals surface area contributed by atoms with E-state index in [1.807, 2.05) is 31.2 Å². The number of benzene rings is 1. The van der Waals surface area contributed by atoms with Gasteiger partial charge in [-0.25, -0.2) is 0 Å². The first kappa shape index (κ1) is 12.3. The SMILES string of the molecule is C=CC(=O)NC(CC)c1ccc(OC)cc1. The highest BCUT2D eigenvalue weighted by molar-refractivity contribution is 5.87. The highest BCUT2D eigenvalue weighted by atomic mass is 16.5. The molecule has 0 heterocycles. The minimum Gasteiger partial charge on any atom is -0.497 e. The molecule has 0 radical (unpaired) electrons. The Morgan fingerprint density at radius 2 is 2.12 bits per heavy atom. The van der Waals surface area contributed by atoms with Gasteiger partial charge in [0.1, 0.15) is 5.75 Å². The standard InChI is InChI=1S/C13H17NO2/c1-4-12(14-13(15)5-2)10-6-8-11(16-3)9-7-10/h5-9,12H,2,4H2,1,3H3,(H,14,15). The molecule has 1 atom stereocenters. The van der Waals surface area contributed by atoms with Crippen molar-refractivity contribution in [1.29, 1.82) is 0 Å². The van der Waals surface area contributed by atoms with Gasteiger partial charge in [0.25, 0.3) is 0 Å². The number of carbonyl (C=O) groups is 1. The Hall–Kier alpha value is -1.77. The molecule has 1 amide bonds. The van der Waals surface area contributed by atoms with Crippen LogP contribution in [0.5, 0.6) is 5.75 Å². The Kier molecular flexibility index (Phi) is 4.58. The molecule has 0 saturated heterocycles. The second-order valence-corrected chi connectivity index (χ2v) is 3.45. The number of hydrogen-bond acceptors (Lipinski definition) is 2. The fourth-order valence-electron chi connectivity index (χ4n) is 1.49. The normalized spacial score (nSPS) is 11.6. The van der Waals surface area contributed by atoms with Crippen molar-refractivity contribution in [2.45, 2.75) is 19.4 Å². The molecule has 1 N–H and O–H groups in total. The van der Waals surface area contributed by atoms with Crippen LogP contribution in [0.25, 0.3) is 0 Å². The fourth-order valence-corrected chi connectivity index (χ4v) is 1.49. The zero-order valence-corrected chi connectivity index (χ0v) is 9.69. The van der Waals surface area contributed by atoms with Crippen molar-refractivity contribution >= 4 is 5.91 Å². The van der Waals surface area contributed by atoms with E-state index in [0.29, 0.717) is 0 Å². The number of ether oxygens (including phenoxy) is 1. The van der Waals surface area contributed by atoms with Crippen LogP contribution in [0.3, 0.4) is 0 Å². The van der Waals surface area contributed by atoms with Crippen LogP contribution in [-0.2, 0) is 4.79 Å². The lowest BCUT2D eigenvalue weighted by atomic mass is 10.0. The topological polar surface area (TPSA) is 38.3 Å². The van der Waals surface area contributed by atoms with E-state index in [9.17, 15) is 4.79 Å². The third-order valence-electron chi connectivity index (χ3n) is 2.43. The van der Waals surface area contributed by atoms with E-state index in [2.05, 4.69) is 11.9 Å². The van der Waals surface area contributed by atoms with Gasteiger partial charge in [-0.05, 0) is 30.2 Å². The zero-order chi connectivity index (χ0) is 12.0. The molecule has 0 aliphatic rings. The minimum atomic E-state index is -0.150. The van der Waals surface area contributed by atoms with Crippen LogP contribution in [0.15, 0.2) is 36.9 Å². The summed E-state index contributed by atoms with van der Waals surface area (Å²) in [6, 6.07) is 7.71. The molecule has 1 aromatic rings. The molecule has 0 spiro atoms. The van der Waals surface area contributed by atoms with Crippen LogP contribution >= 0.6 is 0 Å². The van der Waals surface area contributed by atoms with Crippen LogP contribution in [0.2, 0.25) is 0 Å². The first-order valence-corrected chi connectivity index (χ1v) is 5.28. The van der Waals surface area contributed by atoms with E-state index in [4.69, 9.17) is 4.74 Å². The smallest absolute Gasteiger partial charge is 0.243 e. The number of amides is 1. The molecule has 0 bridgehead atoms. The first-order chi connectivity index (χ1) is 7.71. The summed E-state index contributed by atoms with van der Waals surface area (Å²) in [7, 11) is 1.63. The average Bonchev–Trinajstić information content (AvgIpc) is 2.35. The van der Waals surface area contributed by atoms with Gasteiger partial charge in [0.2, 0.25) is 5.91 Å². The number of nitrogens with one attached hydrogen (secondary N) is 1. The molecule has 3 heteroatoms. The van der Waals surface area contributed by atoms with Crippen molar-refractivity contribution < 1.29 is 9.53 Å². The summed E-state index contributed by atoms with van der Waals surface area (Å²) in [6.07, 6.45) is 2.12. The summed E-state index contributed by atoms with van der Waals surface area (Å²) in [5.41, 5.74) is 1.07. The quantitative estimate of drug-likeness (QED) is 0.772. The fraction of sp³-hybridized carbons (Fsp3) is 0.308. The Bertz CT molecular complexity index is 357. The lowest BCUT2D eigenvalue weighted by Crippen LogP contribution is -2.26. The van der Waals surface area contributed by atoms with Gasteiger partial charge in [-0.1, -0.05) is 25.6 Å². The van der Waals surface area contributed by atoms with E-state index in [1.54, 1.807) is 7.11 Å². The van der Waals surface area contributed by atoms with Gasteiger partial charge in [-0.2, -0.15) is 0 Å². The molecule has 3 nitrogen and oxygen atoms in total. The largest absolute Gasteiger partial charge is 0.497 e. The van der Waals surface area contributed by atoms with Gasteiger partial charge in [0, 0.05) is 0 Å². The lowest BCUT2D eigenvalue weighted by molar-refractivity contribution is -0.117. The molecule has 0 fully saturated rings. The predicted octanol–water partition coefficient (Wildman–Crippen LogP) is 2.45. The molecule has 0 saturated carbocycles. The van der Waals surface area contributed by atoms with Gasteiger partial charge in [0.05, 0.1) is 13.2 Å². The maximum Gasteiger partial charge on any atom is 0.243 e. The highest BCUT2D eigenvalue weighted by Crippen LogP contribution is 2.19. The third-order valence-corrected chi connectivity index (χ3v) is 2.43. The Morgan fingerprint density at radius 3 is 2.56 bits per heavy atom. The van der Waals surface area contributed by atoms with Crippen molar-refractivity contribution in [3.8, 4) is 5.75 Å². The van der Waals surface area contributed by atoms with Crippen LogP contribution in [-0.4, -0.2) is 13.0 Å². The summed E-state index contributed by atoms with van der Waals surface area (Å²) in [4.78, 5) is 11.2. The molecule has 16 heavy (non-hydrogen) atoms. The molecule has 86 valence electrons. The third kappa shape index (κ3) is 3.12. The lowest BCUT2D eigenvalue weighted by Gasteiger charge is -2.16. The first-order valence-electron chi connectivity index (χ1n) is 5.28.